The number of aromatic nitrogens is 4. The average molecular weight is 348 g/mol. The van der Waals surface area contributed by atoms with Gasteiger partial charge in [0.15, 0.2) is 0 Å². The zero-order valence-corrected chi connectivity index (χ0v) is 14.5. The minimum Gasteiger partial charge on any atom is -0.376 e. The first-order valence-corrected chi connectivity index (χ1v) is 8.86. The number of amides is 1. The predicted octanol–water partition coefficient (Wildman–Crippen LogP) is 0.461. The average Bonchev–Trinajstić information content (AvgIpc) is 3.29. The molecule has 0 radical (unpaired) electrons. The van der Waals surface area contributed by atoms with E-state index in [0.717, 1.165) is 23.2 Å². The van der Waals surface area contributed by atoms with E-state index in [1.54, 1.807) is 35.3 Å². The molecule has 2 aromatic heterocycles. The zero-order valence-electron chi connectivity index (χ0n) is 13.7. The number of fused-ring (bicyclic) bond motifs is 1. The highest BCUT2D eigenvalue weighted by Gasteiger charge is 2.44. The van der Waals surface area contributed by atoms with Gasteiger partial charge in [0.25, 0.3) is 5.91 Å². The van der Waals surface area contributed by atoms with Gasteiger partial charge in [0, 0.05) is 44.7 Å². The maximum Gasteiger partial charge on any atom is 0.269 e. The van der Waals surface area contributed by atoms with Gasteiger partial charge in [-0.05, 0) is 13.0 Å². The van der Waals surface area contributed by atoms with Crippen LogP contribution in [-0.2, 0) is 11.8 Å². The van der Waals surface area contributed by atoms with Crippen molar-refractivity contribution < 1.29 is 9.53 Å². The number of rotatable bonds is 4. The van der Waals surface area contributed by atoms with Crippen molar-refractivity contribution in [1.82, 2.24) is 25.3 Å². The van der Waals surface area contributed by atoms with E-state index in [4.69, 9.17) is 4.74 Å². The number of nitrogens with zero attached hydrogens (tertiary/aromatic N) is 5. The lowest BCUT2D eigenvalue weighted by Crippen LogP contribution is -2.35. The summed E-state index contributed by atoms with van der Waals surface area (Å²) >= 11 is 1.61. The molecule has 128 valence electrons. The summed E-state index contributed by atoms with van der Waals surface area (Å²) in [6, 6.07) is 1.72. The Bertz CT molecular complexity index is 744. The Morgan fingerprint density at radius 3 is 3.04 bits per heavy atom. The first kappa shape index (κ1) is 15.5. The molecule has 0 aliphatic carbocycles. The standard InChI is InChI=1S/C15H20N6O2S/c1-9-18-19-15(24-9)21-6-11-10(8-23-13(11)7-21)5-16-14(22)12-3-4-17-20(12)2/h3-4,10-11,13H,5-8H2,1-2H3,(H,16,22)/t10-,11+,13+/m0/s1. The molecule has 2 aliphatic rings. The van der Waals surface area contributed by atoms with Crippen LogP contribution in [0, 0.1) is 18.8 Å². The van der Waals surface area contributed by atoms with Crippen molar-refractivity contribution in [2.75, 3.05) is 31.1 Å². The van der Waals surface area contributed by atoms with Crippen molar-refractivity contribution >= 4 is 22.4 Å². The Morgan fingerprint density at radius 2 is 2.33 bits per heavy atom. The van der Waals surface area contributed by atoms with E-state index in [2.05, 4.69) is 25.5 Å². The molecule has 9 heteroatoms. The molecule has 2 aromatic rings. The maximum atomic E-state index is 12.2. The van der Waals surface area contributed by atoms with Gasteiger partial charge in [-0.15, -0.1) is 10.2 Å². The third kappa shape index (κ3) is 2.78. The predicted molar refractivity (Wildman–Crippen MR) is 89.1 cm³/mol. The lowest BCUT2D eigenvalue weighted by Gasteiger charge is -2.19. The van der Waals surface area contributed by atoms with Crippen molar-refractivity contribution in [3.63, 3.8) is 0 Å². The second kappa shape index (κ2) is 6.14. The molecular weight excluding hydrogens is 328 g/mol. The fourth-order valence-electron chi connectivity index (χ4n) is 3.49. The fraction of sp³-hybridized carbons (Fsp3) is 0.600. The Hall–Kier alpha value is -2.00. The summed E-state index contributed by atoms with van der Waals surface area (Å²) in [6.07, 6.45) is 1.84. The van der Waals surface area contributed by atoms with E-state index in [1.165, 1.54) is 0 Å². The molecule has 0 spiro atoms. The van der Waals surface area contributed by atoms with Gasteiger partial charge in [-0.2, -0.15) is 5.10 Å². The topological polar surface area (TPSA) is 85.2 Å². The molecule has 0 bridgehead atoms. The highest BCUT2D eigenvalue weighted by atomic mass is 32.1. The van der Waals surface area contributed by atoms with E-state index in [0.29, 0.717) is 30.7 Å². The van der Waals surface area contributed by atoms with Crippen LogP contribution in [0.1, 0.15) is 15.5 Å². The van der Waals surface area contributed by atoms with Crippen LogP contribution in [0.4, 0.5) is 5.13 Å². The van der Waals surface area contributed by atoms with Gasteiger partial charge in [0.2, 0.25) is 5.13 Å². The van der Waals surface area contributed by atoms with E-state index >= 15 is 0 Å². The Kier molecular flexibility index (Phi) is 3.97. The summed E-state index contributed by atoms with van der Waals surface area (Å²) in [5.41, 5.74) is 0.572. The second-order valence-electron chi connectivity index (χ2n) is 6.35. The van der Waals surface area contributed by atoms with Crippen LogP contribution >= 0.6 is 11.3 Å². The van der Waals surface area contributed by atoms with Crippen molar-refractivity contribution in [2.24, 2.45) is 18.9 Å². The van der Waals surface area contributed by atoms with Gasteiger partial charge in [-0.1, -0.05) is 11.3 Å². The largest absolute Gasteiger partial charge is 0.376 e. The number of hydrogen-bond donors (Lipinski definition) is 1. The van der Waals surface area contributed by atoms with Crippen LogP contribution < -0.4 is 10.2 Å². The SMILES string of the molecule is Cc1nnc(N2C[C@@H]3[C@@H](CNC(=O)c4ccnn4C)CO[C@@H]3C2)s1. The number of carbonyl (C=O) groups excluding carboxylic acids is 1. The highest BCUT2D eigenvalue weighted by molar-refractivity contribution is 7.15. The smallest absolute Gasteiger partial charge is 0.269 e. The number of aryl methyl sites for hydroxylation is 2. The van der Waals surface area contributed by atoms with Crippen LogP contribution in [0.3, 0.4) is 0 Å². The third-order valence-corrected chi connectivity index (χ3v) is 5.70. The van der Waals surface area contributed by atoms with E-state index in [9.17, 15) is 4.79 Å². The summed E-state index contributed by atoms with van der Waals surface area (Å²) in [7, 11) is 1.77. The minimum absolute atomic E-state index is 0.0898. The summed E-state index contributed by atoms with van der Waals surface area (Å²) in [6.45, 7) is 5.04. The molecule has 2 saturated heterocycles. The number of nitrogens with one attached hydrogen (secondary N) is 1. The Morgan fingerprint density at radius 1 is 1.46 bits per heavy atom. The molecule has 0 saturated carbocycles. The lowest BCUT2D eigenvalue weighted by molar-refractivity contribution is 0.0930. The number of anilines is 1. The summed E-state index contributed by atoms with van der Waals surface area (Å²) < 4.78 is 7.52. The molecule has 24 heavy (non-hydrogen) atoms. The molecule has 4 rings (SSSR count). The molecule has 2 fully saturated rings. The van der Waals surface area contributed by atoms with Gasteiger partial charge in [-0.25, -0.2) is 0 Å². The zero-order chi connectivity index (χ0) is 16.7. The van der Waals surface area contributed by atoms with E-state index in [1.807, 2.05) is 6.92 Å². The maximum absolute atomic E-state index is 12.2. The normalized spacial score (nSPS) is 25.9. The molecule has 1 amide bonds. The summed E-state index contributed by atoms with van der Waals surface area (Å²) in [4.78, 5) is 14.5. The first-order chi connectivity index (χ1) is 11.6. The van der Waals surface area contributed by atoms with E-state index in [-0.39, 0.29) is 12.0 Å². The van der Waals surface area contributed by atoms with Crippen LogP contribution in [0.2, 0.25) is 0 Å². The van der Waals surface area contributed by atoms with Gasteiger partial charge >= 0.3 is 0 Å². The van der Waals surface area contributed by atoms with Crippen LogP contribution in [0.15, 0.2) is 12.3 Å². The fourth-order valence-corrected chi connectivity index (χ4v) is 4.20. The minimum atomic E-state index is -0.0898. The first-order valence-electron chi connectivity index (χ1n) is 8.04. The van der Waals surface area contributed by atoms with Gasteiger partial charge in [0.1, 0.15) is 10.7 Å². The Balaban J connectivity index is 1.36. The highest BCUT2D eigenvalue weighted by Crippen LogP contribution is 2.36. The van der Waals surface area contributed by atoms with Crippen molar-refractivity contribution in [1.29, 1.82) is 0 Å². The molecule has 0 unspecified atom stereocenters. The molecule has 0 aromatic carbocycles. The van der Waals surface area contributed by atoms with Crippen LogP contribution in [0.25, 0.3) is 0 Å². The molecule has 3 atom stereocenters. The van der Waals surface area contributed by atoms with Crippen molar-refractivity contribution in [2.45, 2.75) is 13.0 Å². The van der Waals surface area contributed by atoms with Crippen LogP contribution in [0.5, 0.6) is 0 Å². The van der Waals surface area contributed by atoms with Gasteiger partial charge < -0.3 is 15.0 Å². The lowest BCUT2D eigenvalue weighted by atomic mass is 9.93. The van der Waals surface area contributed by atoms with Gasteiger partial charge in [0.05, 0.1) is 12.7 Å². The van der Waals surface area contributed by atoms with Crippen LogP contribution in [-0.4, -0.2) is 58.2 Å². The molecule has 4 heterocycles. The van der Waals surface area contributed by atoms with Gasteiger partial charge in [-0.3, -0.25) is 9.48 Å². The van der Waals surface area contributed by atoms with Crippen molar-refractivity contribution in [3.8, 4) is 0 Å². The number of ether oxygens (including phenoxy) is 1. The molecule has 2 aliphatic heterocycles. The summed E-state index contributed by atoms with van der Waals surface area (Å²) in [5, 5.41) is 17.3. The number of carbonyl (C=O) groups is 1. The monoisotopic (exact) mass is 348 g/mol. The molecule has 8 nitrogen and oxygen atoms in total. The summed E-state index contributed by atoms with van der Waals surface area (Å²) in [5.74, 6) is 0.653. The molecular formula is C15H20N6O2S. The number of hydrogen-bond acceptors (Lipinski definition) is 7. The third-order valence-electron chi connectivity index (χ3n) is 4.80. The quantitative estimate of drug-likeness (QED) is 0.864. The molecule has 1 N–H and O–H groups in total. The second-order valence-corrected chi connectivity index (χ2v) is 7.51. The van der Waals surface area contributed by atoms with E-state index < -0.39 is 0 Å². The van der Waals surface area contributed by atoms with Crippen molar-refractivity contribution in [3.05, 3.63) is 23.0 Å². The Labute approximate surface area is 143 Å².